The topological polar surface area (TPSA) is 0 Å². The highest BCUT2D eigenvalue weighted by Gasteiger charge is 2.28. The van der Waals surface area contributed by atoms with Crippen LogP contribution in [0.5, 0.6) is 0 Å². The van der Waals surface area contributed by atoms with Crippen LogP contribution in [-0.2, 0) is 0 Å². The van der Waals surface area contributed by atoms with Gasteiger partial charge in [0.15, 0.2) is 0 Å². The van der Waals surface area contributed by atoms with E-state index in [4.69, 9.17) is 0 Å². The van der Waals surface area contributed by atoms with Crippen LogP contribution in [0, 0.1) is 0 Å². The van der Waals surface area contributed by atoms with E-state index in [0.29, 0.717) is 0 Å². The van der Waals surface area contributed by atoms with Crippen molar-refractivity contribution in [3.63, 3.8) is 0 Å². The Kier molecular flexibility index (Phi) is 12.0. The molecule has 2 atom stereocenters. The minimum atomic E-state index is 0.223. The smallest absolute Gasteiger partial charge is 0.0411 e. The van der Waals surface area contributed by atoms with E-state index in [1.165, 1.54) is 77.9 Å². The fraction of sp³-hybridized carbons (Fsp3) is 0.111. The lowest BCUT2D eigenvalue weighted by molar-refractivity contribution is 0.897. The Hall–Kier alpha value is -5.54. The first-order valence-corrected chi connectivity index (χ1v) is 22.0. The van der Waals surface area contributed by atoms with Gasteiger partial charge in [0.05, 0.1) is 0 Å². The summed E-state index contributed by atoms with van der Waals surface area (Å²) in [6, 6.07) is 75.3. The maximum absolute atomic E-state index is 2.37. The van der Waals surface area contributed by atoms with Gasteiger partial charge in [-0.2, -0.15) is 0 Å². The van der Waals surface area contributed by atoms with Gasteiger partial charge in [-0.25, -0.2) is 0 Å². The highest BCUT2D eigenvalue weighted by Crippen LogP contribution is 2.57. The van der Waals surface area contributed by atoms with Crippen molar-refractivity contribution < 1.29 is 0 Å². The van der Waals surface area contributed by atoms with Crippen LogP contribution in [0.3, 0.4) is 0 Å². The molecule has 0 fully saturated rings. The molecule has 8 aromatic carbocycles. The van der Waals surface area contributed by atoms with Gasteiger partial charge in [0.1, 0.15) is 0 Å². The van der Waals surface area contributed by atoms with Crippen molar-refractivity contribution in [2.45, 2.75) is 37.2 Å². The van der Waals surface area contributed by atoms with Gasteiger partial charge in [-0.05, 0) is 90.7 Å². The van der Waals surface area contributed by atoms with Gasteiger partial charge in [-0.15, -0.1) is 0 Å². The average Bonchev–Trinajstić information content (AvgIpc) is 3.29. The van der Waals surface area contributed by atoms with Gasteiger partial charge < -0.3 is 0 Å². The Morgan fingerprint density at radius 2 is 0.518 bits per heavy atom. The third kappa shape index (κ3) is 7.91. The van der Waals surface area contributed by atoms with Crippen LogP contribution in [0.25, 0.3) is 66.8 Å². The molecule has 8 aromatic rings. The van der Waals surface area contributed by atoms with Crippen molar-refractivity contribution in [2.24, 2.45) is 0 Å². The normalized spacial score (nSPS) is 12.2. The van der Waals surface area contributed by atoms with Gasteiger partial charge in [0, 0.05) is 10.5 Å². The first kappa shape index (κ1) is 37.4. The lowest BCUT2D eigenvalue weighted by Crippen LogP contribution is -2.04. The molecule has 0 spiro atoms. The van der Waals surface area contributed by atoms with Crippen molar-refractivity contribution in [1.29, 1.82) is 0 Å². The average molecular weight is 759 g/mol. The molecule has 0 saturated carbocycles. The van der Waals surface area contributed by atoms with Gasteiger partial charge >= 0.3 is 0 Å². The molecule has 0 radical (unpaired) electrons. The molecule has 0 aromatic heterocycles. The Bertz CT molecular complexity index is 2280. The predicted molar refractivity (Wildman–Crippen MR) is 247 cm³/mol. The fourth-order valence-electron chi connectivity index (χ4n) is 7.97. The lowest BCUT2D eigenvalue weighted by atomic mass is 9.84. The summed E-state index contributed by atoms with van der Waals surface area (Å²) in [5, 5.41) is 0.446. The fourth-order valence-corrected chi connectivity index (χ4v) is 11.4. The molecule has 0 N–H and O–H groups in total. The monoisotopic (exact) mass is 758 g/mol. The second-order valence-corrected chi connectivity index (χ2v) is 16.8. The van der Waals surface area contributed by atoms with E-state index < -0.39 is 0 Å². The Labute approximate surface area is 341 Å². The molecule has 274 valence electrons. The highest BCUT2D eigenvalue weighted by atomic mass is 33.1. The van der Waals surface area contributed by atoms with Gasteiger partial charge in [-0.1, -0.05) is 242 Å². The molecule has 0 heterocycles. The third-order valence-electron chi connectivity index (χ3n) is 10.6. The molecule has 0 unspecified atom stereocenters. The van der Waals surface area contributed by atoms with E-state index in [2.05, 4.69) is 220 Å². The zero-order valence-electron chi connectivity index (χ0n) is 32.0. The van der Waals surface area contributed by atoms with Crippen molar-refractivity contribution in [3.8, 4) is 66.8 Å². The summed E-state index contributed by atoms with van der Waals surface area (Å²) >= 11 is 0. The molecule has 0 saturated heterocycles. The maximum Gasteiger partial charge on any atom is 0.0411 e. The summed E-state index contributed by atoms with van der Waals surface area (Å²) in [5.74, 6) is 0. The number of rotatable bonds is 13. The van der Waals surface area contributed by atoms with Crippen molar-refractivity contribution in [1.82, 2.24) is 0 Å². The Morgan fingerprint density at radius 3 is 0.786 bits per heavy atom. The van der Waals surface area contributed by atoms with Crippen LogP contribution in [0.2, 0.25) is 0 Å². The van der Waals surface area contributed by atoms with Gasteiger partial charge in [0.25, 0.3) is 0 Å². The maximum atomic E-state index is 2.37. The molecule has 2 heteroatoms. The first-order chi connectivity index (χ1) is 27.7. The number of benzene rings is 8. The minimum absolute atomic E-state index is 0.223. The molecule has 0 aliphatic carbocycles. The van der Waals surface area contributed by atoms with Crippen LogP contribution in [-0.4, -0.2) is 0 Å². The zero-order chi connectivity index (χ0) is 38.1. The minimum Gasteiger partial charge on any atom is -0.0852 e. The summed E-state index contributed by atoms with van der Waals surface area (Å²) in [6.07, 6.45) is 1.99. The molecule has 0 aliphatic rings. The van der Waals surface area contributed by atoms with E-state index >= 15 is 0 Å². The number of hydrogen-bond acceptors (Lipinski definition) is 2. The third-order valence-corrected chi connectivity index (χ3v) is 14.1. The molecule has 0 bridgehead atoms. The predicted octanol–water partition coefficient (Wildman–Crippen LogP) is 16.7. The van der Waals surface area contributed by atoms with E-state index in [1.807, 2.05) is 21.6 Å². The lowest BCUT2D eigenvalue weighted by Gasteiger charge is -2.29. The number of hydrogen-bond donors (Lipinski definition) is 0. The molecule has 0 aliphatic heterocycles. The van der Waals surface area contributed by atoms with E-state index in [-0.39, 0.29) is 10.5 Å². The van der Waals surface area contributed by atoms with Crippen molar-refractivity contribution in [2.75, 3.05) is 0 Å². The zero-order valence-corrected chi connectivity index (χ0v) is 33.6. The molecular formula is C54H46S2. The summed E-state index contributed by atoms with van der Waals surface area (Å²) in [6.45, 7) is 4.72. The van der Waals surface area contributed by atoms with Crippen molar-refractivity contribution >= 4 is 21.6 Å². The SMILES string of the molecule is CC[C@@H](SS[C@H](CC)c1c(-c2ccccc2)ccc(-c2ccccc2)c1-c1ccccc1)c1c(-c2ccccc2)ccc(-c2ccccc2)c1-c1ccccc1. The molecule has 8 rings (SSSR count). The second kappa shape index (κ2) is 17.9. The second-order valence-electron chi connectivity index (χ2n) is 14.1. The Morgan fingerprint density at radius 1 is 0.286 bits per heavy atom. The molecule has 0 nitrogen and oxygen atoms in total. The van der Waals surface area contributed by atoms with Crippen LogP contribution in [0.15, 0.2) is 206 Å². The van der Waals surface area contributed by atoms with E-state index in [9.17, 15) is 0 Å². The first-order valence-electron chi connectivity index (χ1n) is 19.7. The summed E-state index contributed by atoms with van der Waals surface area (Å²) in [7, 11) is 4.10. The molecular weight excluding hydrogens is 713 g/mol. The van der Waals surface area contributed by atoms with Crippen LogP contribution >= 0.6 is 21.6 Å². The van der Waals surface area contributed by atoms with Gasteiger partial charge in [-0.3, -0.25) is 0 Å². The van der Waals surface area contributed by atoms with Crippen LogP contribution in [0.1, 0.15) is 48.3 Å². The summed E-state index contributed by atoms with van der Waals surface area (Å²) in [5.41, 5.74) is 18.1. The Balaban J connectivity index is 1.31. The highest BCUT2D eigenvalue weighted by molar-refractivity contribution is 8.76. The van der Waals surface area contributed by atoms with Crippen molar-refractivity contribution in [3.05, 3.63) is 217 Å². The standard InChI is InChI=1S/C54H46S2/c1-3-49(53-47(41-27-15-7-16-28-41)37-35-45(39-23-11-5-12-24-39)51(53)43-31-19-9-20-32-43)55-56-50(4-2)54-48(42-29-17-8-18-30-42)38-36-46(40-25-13-6-14-26-40)52(54)44-33-21-10-22-34-44/h5-38,49-50H,3-4H2,1-2H3/t49-,50-/m1/s1. The molecule has 56 heavy (non-hydrogen) atoms. The summed E-state index contributed by atoms with van der Waals surface area (Å²) in [4.78, 5) is 0. The largest absolute Gasteiger partial charge is 0.0852 e. The quantitative estimate of drug-likeness (QED) is 0.107. The van der Waals surface area contributed by atoms with Gasteiger partial charge in [0.2, 0.25) is 0 Å². The summed E-state index contributed by atoms with van der Waals surface area (Å²) < 4.78 is 0. The van der Waals surface area contributed by atoms with Crippen LogP contribution in [0.4, 0.5) is 0 Å². The van der Waals surface area contributed by atoms with E-state index in [0.717, 1.165) is 12.8 Å². The van der Waals surface area contributed by atoms with E-state index in [1.54, 1.807) is 0 Å². The molecule has 0 amide bonds. The van der Waals surface area contributed by atoms with Crippen LogP contribution < -0.4 is 0 Å².